The molecule has 0 aliphatic carbocycles. The van der Waals surface area contributed by atoms with Crippen LogP contribution in [0.5, 0.6) is 0 Å². The van der Waals surface area contributed by atoms with Crippen LogP contribution in [0.2, 0.25) is 0 Å². The number of pyridine rings is 1. The second-order valence-corrected chi connectivity index (χ2v) is 6.67. The monoisotopic (exact) mass is 427 g/mol. The maximum absolute atomic E-state index is 10.6. The average molecular weight is 427 g/mol. The summed E-state index contributed by atoms with van der Waals surface area (Å²) in [6.07, 6.45) is -5.08. The molecule has 0 amide bonds. The van der Waals surface area contributed by atoms with Gasteiger partial charge in [-0.25, -0.2) is 9.78 Å². The van der Waals surface area contributed by atoms with E-state index in [1.54, 1.807) is 7.11 Å². The molecule has 1 aliphatic heterocycles. The highest BCUT2D eigenvalue weighted by Crippen LogP contribution is 2.25. The van der Waals surface area contributed by atoms with Crippen LogP contribution in [-0.2, 0) is 16.1 Å². The molecule has 8 nitrogen and oxygen atoms in total. The van der Waals surface area contributed by atoms with Gasteiger partial charge in [0.15, 0.2) is 5.82 Å². The number of anilines is 2. The molecule has 0 unspecified atom stereocenters. The van der Waals surface area contributed by atoms with E-state index in [0.29, 0.717) is 6.61 Å². The Labute approximate surface area is 172 Å². The number of nitrogens with zero attached hydrogens (tertiary/aromatic N) is 5. The second-order valence-electron chi connectivity index (χ2n) is 6.67. The van der Waals surface area contributed by atoms with Crippen LogP contribution in [-0.4, -0.2) is 65.8 Å². The summed E-state index contributed by atoms with van der Waals surface area (Å²) >= 11 is 0. The smallest absolute Gasteiger partial charge is 0.475 e. The normalized spacial score (nSPS) is 13.8. The van der Waals surface area contributed by atoms with Gasteiger partial charge in [-0.1, -0.05) is 6.07 Å². The lowest BCUT2D eigenvalue weighted by Gasteiger charge is -2.24. The molecule has 0 aromatic carbocycles. The highest BCUT2D eigenvalue weighted by atomic mass is 19.4. The quantitative estimate of drug-likeness (QED) is 0.796. The van der Waals surface area contributed by atoms with Crippen LogP contribution in [0.15, 0.2) is 24.3 Å². The summed E-state index contributed by atoms with van der Waals surface area (Å²) in [5.74, 6) is -0.784. The molecule has 0 spiro atoms. The van der Waals surface area contributed by atoms with Gasteiger partial charge < -0.3 is 19.6 Å². The van der Waals surface area contributed by atoms with Crippen LogP contribution in [0.4, 0.5) is 24.8 Å². The molecular weight excluding hydrogens is 403 g/mol. The van der Waals surface area contributed by atoms with Gasteiger partial charge in [0.05, 0.1) is 12.3 Å². The number of carbonyl (C=O) groups is 1. The van der Waals surface area contributed by atoms with Gasteiger partial charge in [0, 0.05) is 44.5 Å². The SMILES string of the molecule is COCCN1CCN(c2ccc(C)nn2)Cc2ccc(C)nc21.O=C(O)C(F)(F)F. The number of ether oxygens (including phenoxy) is 1. The second kappa shape index (κ2) is 10.2. The van der Waals surface area contributed by atoms with Crippen molar-refractivity contribution in [1.29, 1.82) is 0 Å². The highest BCUT2D eigenvalue weighted by molar-refractivity contribution is 5.73. The summed E-state index contributed by atoms with van der Waals surface area (Å²) in [5, 5.41) is 15.6. The molecular formula is C19H24F3N5O3. The number of carboxylic acid groups (broad SMARTS) is 1. The molecule has 0 saturated heterocycles. The van der Waals surface area contributed by atoms with E-state index in [4.69, 9.17) is 19.6 Å². The van der Waals surface area contributed by atoms with Crippen LogP contribution < -0.4 is 9.80 Å². The topological polar surface area (TPSA) is 91.7 Å². The van der Waals surface area contributed by atoms with Gasteiger partial charge in [0.2, 0.25) is 0 Å². The van der Waals surface area contributed by atoms with Crippen molar-refractivity contribution < 1.29 is 27.8 Å². The number of hydrogen-bond acceptors (Lipinski definition) is 7. The lowest BCUT2D eigenvalue weighted by molar-refractivity contribution is -0.192. The zero-order valence-corrected chi connectivity index (χ0v) is 17.0. The molecule has 164 valence electrons. The maximum atomic E-state index is 10.6. The fourth-order valence-corrected chi connectivity index (χ4v) is 2.78. The molecule has 30 heavy (non-hydrogen) atoms. The Hall–Kier alpha value is -2.95. The number of halogens is 3. The Morgan fingerprint density at radius 3 is 2.37 bits per heavy atom. The summed E-state index contributed by atoms with van der Waals surface area (Å²) in [5.41, 5.74) is 3.18. The molecule has 2 aromatic heterocycles. The van der Waals surface area contributed by atoms with Gasteiger partial charge in [-0.3, -0.25) is 0 Å². The Bertz CT molecular complexity index is 846. The van der Waals surface area contributed by atoms with Gasteiger partial charge in [0.1, 0.15) is 5.82 Å². The number of alkyl halides is 3. The van der Waals surface area contributed by atoms with E-state index in [1.807, 2.05) is 26.0 Å². The number of carboxylic acids is 1. The zero-order chi connectivity index (χ0) is 22.3. The Balaban J connectivity index is 0.000000396. The predicted octanol–water partition coefficient (Wildman–Crippen LogP) is 2.59. The number of fused-ring (bicyclic) bond motifs is 1. The summed E-state index contributed by atoms with van der Waals surface area (Å²) in [6, 6.07) is 8.27. The number of aromatic nitrogens is 3. The van der Waals surface area contributed by atoms with Gasteiger partial charge >= 0.3 is 12.1 Å². The van der Waals surface area contributed by atoms with Crippen molar-refractivity contribution in [2.45, 2.75) is 26.6 Å². The van der Waals surface area contributed by atoms with E-state index >= 15 is 0 Å². The number of aryl methyl sites for hydroxylation is 2. The van der Waals surface area contributed by atoms with Crippen molar-refractivity contribution in [3.8, 4) is 0 Å². The third kappa shape index (κ3) is 6.55. The molecule has 0 saturated carbocycles. The van der Waals surface area contributed by atoms with E-state index < -0.39 is 12.1 Å². The molecule has 1 aliphatic rings. The number of methoxy groups -OCH3 is 1. The van der Waals surface area contributed by atoms with E-state index in [-0.39, 0.29) is 0 Å². The van der Waals surface area contributed by atoms with Gasteiger partial charge in [-0.05, 0) is 32.0 Å². The van der Waals surface area contributed by atoms with Gasteiger partial charge in [-0.2, -0.15) is 18.3 Å². The van der Waals surface area contributed by atoms with Crippen LogP contribution in [0.1, 0.15) is 17.0 Å². The molecule has 0 radical (unpaired) electrons. The molecule has 2 aromatic rings. The Morgan fingerprint density at radius 2 is 1.80 bits per heavy atom. The zero-order valence-electron chi connectivity index (χ0n) is 17.0. The Morgan fingerprint density at radius 1 is 1.13 bits per heavy atom. The van der Waals surface area contributed by atoms with Crippen molar-refractivity contribution >= 4 is 17.6 Å². The van der Waals surface area contributed by atoms with Crippen molar-refractivity contribution in [3.63, 3.8) is 0 Å². The summed E-state index contributed by atoms with van der Waals surface area (Å²) < 4.78 is 37.0. The first-order valence-corrected chi connectivity index (χ1v) is 9.17. The van der Waals surface area contributed by atoms with E-state index in [9.17, 15) is 13.2 Å². The van der Waals surface area contributed by atoms with Crippen LogP contribution in [0.3, 0.4) is 0 Å². The number of aliphatic carboxylic acids is 1. The average Bonchev–Trinajstić information content (AvgIpc) is 2.86. The Kier molecular flexibility index (Phi) is 7.93. The molecule has 3 rings (SSSR count). The molecule has 1 N–H and O–H groups in total. The number of hydrogen-bond donors (Lipinski definition) is 1. The van der Waals surface area contributed by atoms with Crippen molar-refractivity contribution in [1.82, 2.24) is 15.2 Å². The highest BCUT2D eigenvalue weighted by Gasteiger charge is 2.38. The molecule has 0 fully saturated rings. The minimum Gasteiger partial charge on any atom is -0.475 e. The standard InChI is InChI=1S/C17H23N5O.C2HF3O2/c1-13-4-6-15-12-22(16-7-5-14(2)19-20-16)9-8-21(10-11-23-3)17(15)18-13;3-2(4,5)1(6)7/h4-7H,8-12H2,1-3H3;(H,6,7). The third-order valence-electron chi connectivity index (χ3n) is 4.31. The van der Waals surface area contributed by atoms with Crippen molar-refractivity contribution in [2.24, 2.45) is 0 Å². The lowest BCUT2D eigenvalue weighted by Crippen LogP contribution is -2.34. The maximum Gasteiger partial charge on any atom is 0.490 e. The molecule has 0 bridgehead atoms. The molecule has 0 atom stereocenters. The van der Waals surface area contributed by atoms with Crippen LogP contribution in [0.25, 0.3) is 0 Å². The first-order chi connectivity index (χ1) is 14.1. The largest absolute Gasteiger partial charge is 0.490 e. The first kappa shape index (κ1) is 23.3. The van der Waals surface area contributed by atoms with Crippen molar-refractivity contribution in [3.05, 3.63) is 41.2 Å². The molecule has 11 heteroatoms. The minimum atomic E-state index is -5.08. The van der Waals surface area contributed by atoms with Crippen LogP contribution in [0, 0.1) is 13.8 Å². The van der Waals surface area contributed by atoms with Crippen molar-refractivity contribution in [2.75, 3.05) is 43.2 Å². The van der Waals surface area contributed by atoms with E-state index in [2.05, 4.69) is 32.1 Å². The first-order valence-electron chi connectivity index (χ1n) is 9.17. The van der Waals surface area contributed by atoms with Crippen LogP contribution >= 0.6 is 0 Å². The lowest BCUT2D eigenvalue weighted by atomic mass is 10.2. The molecule has 3 heterocycles. The minimum absolute atomic E-state index is 0.694. The van der Waals surface area contributed by atoms with E-state index in [1.165, 1.54) is 5.56 Å². The van der Waals surface area contributed by atoms with Gasteiger partial charge in [0.25, 0.3) is 0 Å². The summed E-state index contributed by atoms with van der Waals surface area (Å²) in [4.78, 5) is 18.2. The summed E-state index contributed by atoms with van der Waals surface area (Å²) in [7, 11) is 1.73. The fraction of sp³-hybridized carbons (Fsp3) is 0.474. The summed E-state index contributed by atoms with van der Waals surface area (Å²) in [6.45, 7) is 8.09. The fourth-order valence-electron chi connectivity index (χ4n) is 2.78. The van der Waals surface area contributed by atoms with Gasteiger partial charge in [-0.15, -0.1) is 5.10 Å². The van der Waals surface area contributed by atoms with E-state index in [0.717, 1.165) is 49.2 Å². The number of rotatable bonds is 4. The predicted molar refractivity (Wildman–Crippen MR) is 105 cm³/mol. The third-order valence-corrected chi connectivity index (χ3v) is 4.31.